The fraction of sp³-hybridized carbons (Fsp3) is 0.833. The standard InChI is InChI=1S/C12H21N3O6/c1-6(10(17)18)14-11(2,3)7(9(13)16)8(12(14,4)5)21-15(19)20/h6-8H,1-5H3,(H2,13,16)(H,17,18). The summed E-state index contributed by atoms with van der Waals surface area (Å²) in [7, 11) is 0. The lowest BCUT2D eigenvalue weighted by Crippen LogP contribution is -2.58. The molecule has 0 radical (unpaired) electrons. The number of carbonyl (C=O) groups is 2. The molecule has 1 aliphatic rings. The molecule has 1 rings (SSSR count). The highest BCUT2D eigenvalue weighted by Gasteiger charge is 2.64. The minimum Gasteiger partial charge on any atom is -0.480 e. The van der Waals surface area contributed by atoms with Gasteiger partial charge in [-0.3, -0.25) is 14.5 Å². The monoisotopic (exact) mass is 303 g/mol. The Hall–Kier alpha value is -1.90. The summed E-state index contributed by atoms with van der Waals surface area (Å²) in [5.41, 5.74) is 3.32. The SMILES string of the molecule is CC(C(=O)O)N1C(C)(C)C(O[N+](=O)[O-])C(C(N)=O)C1(C)C. The fourth-order valence-electron chi connectivity index (χ4n) is 3.70. The first-order valence-electron chi connectivity index (χ1n) is 6.47. The fourth-order valence-corrected chi connectivity index (χ4v) is 3.70. The lowest BCUT2D eigenvalue weighted by atomic mass is 9.84. The Bertz CT molecular complexity index is 476. The van der Waals surface area contributed by atoms with Gasteiger partial charge < -0.3 is 15.7 Å². The maximum absolute atomic E-state index is 11.8. The molecule has 3 atom stereocenters. The molecule has 21 heavy (non-hydrogen) atoms. The van der Waals surface area contributed by atoms with Crippen LogP contribution in [-0.4, -0.2) is 50.2 Å². The number of amides is 1. The number of rotatable bonds is 5. The van der Waals surface area contributed by atoms with Crippen LogP contribution in [0.2, 0.25) is 0 Å². The summed E-state index contributed by atoms with van der Waals surface area (Å²) < 4.78 is 0. The van der Waals surface area contributed by atoms with Crippen LogP contribution in [0.4, 0.5) is 0 Å². The van der Waals surface area contributed by atoms with E-state index in [2.05, 4.69) is 4.84 Å². The second-order valence-corrected chi connectivity index (χ2v) is 6.32. The van der Waals surface area contributed by atoms with E-state index in [4.69, 9.17) is 5.73 Å². The van der Waals surface area contributed by atoms with Crippen LogP contribution in [-0.2, 0) is 14.4 Å². The lowest BCUT2D eigenvalue weighted by molar-refractivity contribution is -0.771. The zero-order valence-corrected chi connectivity index (χ0v) is 12.7. The molecule has 0 aliphatic carbocycles. The van der Waals surface area contributed by atoms with Gasteiger partial charge in [-0.2, -0.15) is 0 Å². The third kappa shape index (κ3) is 2.65. The molecule has 1 amide bonds. The number of nitrogens with two attached hydrogens (primary N) is 1. The second-order valence-electron chi connectivity index (χ2n) is 6.32. The first-order valence-corrected chi connectivity index (χ1v) is 6.47. The molecule has 9 heteroatoms. The molecule has 0 spiro atoms. The Labute approximate surface area is 122 Å². The Balaban J connectivity index is 3.43. The Morgan fingerprint density at radius 1 is 1.33 bits per heavy atom. The van der Waals surface area contributed by atoms with E-state index in [9.17, 15) is 24.8 Å². The van der Waals surface area contributed by atoms with Crippen molar-refractivity contribution in [2.45, 2.75) is 57.8 Å². The highest BCUT2D eigenvalue weighted by molar-refractivity contribution is 5.80. The summed E-state index contributed by atoms with van der Waals surface area (Å²) in [6, 6.07) is -0.961. The van der Waals surface area contributed by atoms with E-state index in [1.54, 1.807) is 27.7 Å². The minimum atomic E-state index is -1.15. The summed E-state index contributed by atoms with van der Waals surface area (Å²) >= 11 is 0. The summed E-state index contributed by atoms with van der Waals surface area (Å²) in [4.78, 5) is 40.1. The van der Waals surface area contributed by atoms with Crippen molar-refractivity contribution in [2.24, 2.45) is 11.7 Å². The summed E-state index contributed by atoms with van der Waals surface area (Å²) in [6.07, 6.45) is -1.15. The van der Waals surface area contributed by atoms with Crippen LogP contribution in [0.3, 0.4) is 0 Å². The first kappa shape index (κ1) is 17.2. The van der Waals surface area contributed by atoms with Gasteiger partial charge in [0, 0.05) is 11.1 Å². The van der Waals surface area contributed by atoms with Crippen LogP contribution in [0.15, 0.2) is 0 Å². The Kier molecular flexibility index (Phi) is 4.20. The van der Waals surface area contributed by atoms with Crippen molar-refractivity contribution in [3.63, 3.8) is 0 Å². The Morgan fingerprint density at radius 3 is 2.14 bits per heavy atom. The molecule has 3 N–H and O–H groups in total. The van der Waals surface area contributed by atoms with Crippen LogP contribution < -0.4 is 5.73 Å². The molecule has 1 saturated heterocycles. The van der Waals surface area contributed by atoms with Gasteiger partial charge in [0.25, 0.3) is 5.09 Å². The molecular weight excluding hydrogens is 282 g/mol. The zero-order chi connectivity index (χ0) is 16.7. The van der Waals surface area contributed by atoms with Gasteiger partial charge in [0.1, 0.15) is 12.1 Å². The predicted molar refractivity (Wildman–Crippen MR) is 71.6 cm³/mol. The van der Waals surface area contributed by atoms with E-state index in [1.165, 1.54) is 11.8 Å². The summed E-state index contributed by atoms with van der Waals surface area (Å²) in [5.74, 6) is -2.87. The molecule has 9 nitrogen and oxygen atoms in total. The molecule has 3 unspecified atom stereocenters. The van der Waals surface area contributed by atoms with Crippen molar-refractivity contribution in [1.82, 2.24) is 4.90 Å². The van der Waals surface area contributed by atoms with Crippen LogP contribution in [0, 0.1) is 16.0 Å². The number of carbonyl (C=O) groups excluding carboxylic acids is 1. The number of carboxylic acid groups (broad SMARTS) is 1. The number of nitrogens with zero attached hydrogens (tertiary/aromatic N) is 2. The number of carboxylic acids is 1. The highest BCUT2D eigenvalue weighted by atomic mass is 17.0. The Morgan fingerprint density at radius 2 is 1.81 bits per heavy atom. The lowest BCUT2D eigenvalue weighted by Gasteiger charge is -2.43. The maximum atomic E-state index is 11.8. The normalized spacial score (nSPS) is 28.8. The second kappa shape index (κ2) is 5.14. The smallest absolute Gasteiger partial charge is 0.320 e. The highest BCUT2D eigenvalue weighted by Crippen LogP contribution is 2.47. The molecule has 1 aliphatic heterocycles. The van der Waals surface area contributed by atoms with Gasteiger partial charge in [-0.05, 0) is 34.6 Å². The number of aliphatic carboxylic acids is 1. The number of primary amides is 1. The van der Waals surface area contributed by atoms with Crippen LogP contribution >= 0.6 is 0 Å². The average molecular weight is 303 g/mol. The van der Waals surface area contributed by atoms with Gasteiger partial charge in [-0.15, -0.1) is 10.1 Å². The van der Waals surface area contributed by atoms with Gasteiger partial charge in [0.15, 0.2) is 0 Å². The van der Waals surface area contributed by atoms with E-state index >= 15 is 0 Å². The quantitative estimate of drug-likeness (QED) is 0.539. The predicted octanol–water partition coefficient (Wildman–Crippen LogP) is 0.0107. The number of likely N-dealkylation sites (tertiary alicyclic amines) is 1. The molecule has 1 heterocycles. The van der Waals surface area contributed by atoms with Crippen molar-refractivity contribution in [1.29, 1.82) is 0 Å². The number of hydrogen-bond acceptors (Lipinski definition) is 6. The molecule has 0 bridgehead atoms. The van der Waals surface area contributed by atoms with E-state index in [-0.39, 0.29) is 0 Å². The van der Waals surface area contributed by atoms with Crippen molar-refractivity contribution in [2.75, 3.05) is 0 Å². The van der Waals surface area contributed by atoms with Crippen molar-refractivity contribution >= 4 is 11.9 Å². The van der Waals surface area contributed by atoms with Gasteiger partial charge in [-0.1, -0.05) is 0 Å². The van der Waals surface area contributed by atoms with Gasteiger partial charge in [0.05, 0.1) is 5.92 Å². The van der Waals surface area contributed by atoms with E-state index in [1.807, 2.05) is 0 Å². The molecule has 0 aromatic rings. The van der Waals surface area contributed by atoms with Crippen molar-refractivity contribution < 1.29 is 24.6 Å². The van der Waals surface area contributed by atoms with Crippen LogP contribution in [0.25, 0.3) is 0 Å². The van der Waals surface area contributed by atoms with Crippen LogP contribution in [0.1, 0.15) is 34.6 Å². The third-order valence-electron chi connectivity index (χ3n) is 4.25. The largest absolute Gasteiger partial charge is 0.480 e. The van der Waals surface area contributed by atoms with Gasteiger partial charge >= 0.3 is 5.97 Å². The van der Waals surface area contributed by atoms with E-state index in [0.717, 1.165) is 0 Å². The van der Waals surface area contributed by atoms with Gasteiger partial charge in [0.2, 0.25) is 5.91 Å². The van der Waals surface area contributed by atoms with E-state index in [0.29, 0.717) is 0 Å². The summed E-state index contributed by atoms with van der Waals surface area (Å²) in [5, 5.41) is 19.0. The molecule has 0 aromatic carbocycles. The first-order chi connectivity index (χ1) is 9.35. The zero-order valence-electron chi connectivity index (χ0n) is 12.7. The topological polar surface area (TPSA) is 136 Å². The van der Waals surface area contributed by atoms with E-state index < -0.39 is 46.1 Å². The number of hydrogen-bond donors (Lipinski definition) is 2. The van der Waals surface area contributed by atoms with Crippen LogP contribution in [0.5, 0.6) is 0 Å². The maximum Gasteiger partial charge on any atom is 0.320 e. The van der Waals surface area contributed by atoms with Crippen molar-refractivity contribution in [3.8, 4) is 0 Å². The minimum absolute atomic E-state index is 0.764. The van der Waals surface area contributed by atoms with Crippen molar-refractivity contribution in [3.05, 3.63) is 10.1 Å². The molecule has 120 valence electrons. The summed E-state index contributed by atoms with van der Waals surface area (Å²) in [6.45, 7) is 7.93. The average Bonchev–Trinajstić information content (AvgIpc) is 2.39. The molecular formula is C12H21N3O6. The third-order valence-corrected chi connectivity index (χ3v) is 4.25. The van der Waals surface area contributed by atoms with Gasteiger partial charge in [-0.25, -0.2) is 0 Å². The molecule has 0 saturated carbocycles. The molecule has 1 fully saturated rings. The molecule has 0 aromatic heterocycles.